The Hall–Kier alpha value is -1.36. The minimum atomic E-state index is -0.572. The number of nitrogen functional groups attached to an aromatic ring is 1. The molecule has 2 aromatic rings. The lowest BCUT2D eigenvalue weighted by Gasteiger charge is -2.12. The Kier molecular flexibility index (Phi) is 5.59. The fourth-order valence-corrected chi connectivity index (χ4v) is 2.74. The number of hydrogen-bond acceptors (Lipinski definition) is 4. The summed E-state index contributed by atoms with van der Waals surface area (Å²) in [5.74, 6) is 1.18. The third kappa shape index (κ3) is 4.63. The number of halogens is 1. The van der Waals surface area contributed by atoms with E-state index in [9.17, 15) is 5.11 Å². The lowest BCUT2D eigenvalue weighted by molar-refractivity contribution is 0.126. The van der Waals surface area contributed by atoms with Gasteiger partial charge in [-0.1, -0.05) is 29.8 Å². The zero-order chi connectivity index (χ0) is 14.4. The van der Waals surface area contributed by atoms with Crippen LogP contribution in [0.1, 0.15) is 0 Å². The van der Waals surface area contributed by atoms with Gasteiger partial charge in [-0.25, -0.2) is 0 Å². The van der Waals surface area contributed by atoms with E-state index in [1.54, 1.807) is 12.1 Å². The lowest BCUT2D eigenvalue weighted by Crippen LogP contribution is -2.20. The van der Waals surface area contributed by atoms with Crippen molar-refractivity contribution >= 4 is 29.1 Å². The molecule has 2 aromatic carbocycles. The molecule has 0 spiro atoms. The van der Waals surface area contributed by atoms with Gasteiger partial charge < -0.3 is 15.6 Å². The molecular weight excluding hydrogens is 294 g/mol. The van der Waals surface area contributed by atoms with E-state index in [0.717, 1.165) is 4.90 Å². The predicted octanol–water partition coefficient (Wildman–Crippen LogP) is 3.45. The highest BCUT2D eigenvalue weighted by atomic mass is 35.5. The van der Waals surface area contributed by atoms with E-state index in [1.165, 1.54) is 11.8 Å². The first kappa shape index (κ1) is 15.0. The quantitative estimate of drug-likeness (QED) is 0.634. The largest absolute Gasteiger partial charge is 0.491 e. The average Bonchev–Trinajstić information content (AvgIpc) is 2.44. The average molecular weight is 310 g/mol. The van der Waals surface area contributed by atoms with Crippen LogP contribution in [0, 0.1) is 0 Å². The van der Waals surface area contributed by atoms with E-state index in [0.29, 0.717) is 22.2 Å². The number of ether oxygens (including phenoxy) is 1. The molecule has 0 heterocycles. The number of rotatable bonds is 6. The van der Waals surface area contributed by atoms with Gasteiger partial charge in [-0.05, 0) is 24.3 Å². The van der Waals surface area contributed by atoms with E-state index < -0.39 is 6.10 Å². The molecule has 0 radical (unpaired) electrons. The summed E-state index contributed by atoms with van der Waals surface area (Å²) in [5, 5.41) is 10.6. The van der Waals surface area contributed by atoms with Crippen molar-refractivity contribution in [1.29, 1.82) is 0 Å². The predicted molar refractivity (Wildman–Crippen MR) is 84.5 cm³/mol. The zero-order valence-corrected chi connectivity index (χ0v) is 12.4. The molecular formula is C15H16ClNO2S. The number of anilines is 1. The van der Waals surface area contributed by atoms with Crippen LogP contribution in [0.15, 0.2) is 53.4 Å². The molecule has 1 unspecified atom stereocenters. The molecule has 0 amide bonds. The molecule has 2 rings (SSSR count). The van der Waals surface area contributed by atoms with Crippen molar-refractivity contribution in [2.75, 3.05) is 18.1 Å². The molecule has 106 valence electrons. The summed E-state index contributed by atoms with van der Waals surface area (Å²) in [6, 6.07) is 14.7. The summed E-state index contributed by atoms with van der Waals surface area (Å²) in [7, 11) is 0. The molecule has 3 nitrogen and oxygen atoms in total. The summed E-state index contributed by atoms with van der Waals surface area (Å²) < 4.78 is 5.49. The van der Waals surface area contributed by atoms with Crippen molar-refractivity contribution in [3.8, 4) is 5.75 Å². The molecule has 0 bridgehead atoms. The monoisotopic (exact) mass is 309 g/mol. The zero-order valence-electron chi connectivity index (χ0n) is 10.8. The topological polar surface area (TPSA) is 55.5 Å². The highest BCUT2D eigenvalue weighted by Gasteiger charge is 2.08. The normalized spacial score (nSPS) is 12.1. The molecule has 1 atom stereocenters. The second-order valence-corrected chi connectivity index (χ2v) is 5.75. The van der Waals surface area contributed by atoms with Crippen molar-refractivity contribution in [2.24, 2.45) is 0 Å². The number of aliphatic hydroxyl groups excluding tert-OH is 1. The van der Waals surface area contributed by atoms with Gasteiger partial charge in [0.05, 0.1) is 11.1 Å². The highest BCUT2D eigenvalue weighted by Crippen LogP contribution is 2.27. The van der Waals surface area contributed by atoms with E-state index in [4.69, 9.17) is 22.1 Å². The Morgan fingerprint density at radius 2 is 2.00 bits per heavy atom. The Morgan fingerprint density at radius 3 is 2.75 bits per heavy atom. The standard InChI is InChI=1S/C15H16ClNO2S/c16-14-6-1-2-7-15(14)20-10-12(18)9-19-13-5-3-4-11(17)8-13/h1-8,12,18H,9-10,17H2. The second kappa shape index (κ2) is 7.43. The van der Waals surface area contributed by atoms with Crippen molar-refractivity contribution < 1.29 is 9.84 Å². The van der Waals surface area contributed by atoms with Gasteiger partial charge in [0.15, 0.2) is 0 Å². The fourth-order valence-electron chi connectivity index (χ4n) is 1.59. The van der Waals surface area contributed by atoms with Gasteiger partial charge in [-0.15, -0.1) is 11.8 Å². The van der Waals surface area contributed by atoms with Crippen LogP contribution in [-0.4, -0.2) is 23.6 Å². The van der Waals surface area contributed by atoms with Crippen molar-refractivity contribution in [3.05, 3.63) is 53.6 Å². The SMILES string of the molecule is Nc1cccc(OCC(O)CSc2ccccc2Cl)c1. The minimum Gasteiger partial charge on any atom is -0.491 e. The third-order valence-electron chi connectivity index (χ3n) is 2.57. The molecule has 5 heteroatoms. The Balaban J connectivity index is 1.78. The van der Waals surface area contributed by atoms with Gasteiger partial charge >= 0.3 is 0 Å². The molecule has 0 aliphatic carbocycles. The van der Waals surface area contributed by atoms with Crippen LogP contribution >= 0.6 is 23.4 Å². The van der Waals surface area contributed by atoms with Crippen LogP contribution in [0.5, 0.6) is 5.75 Å². The molecule has 0 fully saturated rings. The number of thioether (sulfide) groups is 1. The maximum absolute atomic E-state index is 9.91. The fraction of sp³-hybridized carbons (Fsp3) is 0.200. The number of nitrogens with two attached hydrogens (primary N) is 1. The molecule has 0 saturated heterocycles. The Morgan fingerprint density at radius 1 is 1.20 bits per heavy atom. The minimum absolute atomic E-state index is 0.223. The molecule has 0 aliphatic heterocycles. The van der Waals surface area contributed by atoms with Gasteiger partial charge in [0.2, 0.25) is 0 Å². The van der Waals surface area contributed by atoms with E-state index in [2.05, 4.69) is 0 Å². The maximum atomic E-state index is 9.91. The van der Waals surface area contributed by atoms with Crippen LogP contribution in [-0.2, 0) is 0 Å². The second-order valence-electron chi connectivity index (χ2n) is 4.28. The van der Waals surface area contributed by atoms with Crippen LogP contribution in [0.2, 0.25) is 5.02 Å². The number of benzene rings is 2. The number of aliphatic hydroxyl groups is 1. The van der Waals surface area contributed by atoms with Gasteiger partial charge in [-0.2, -0.15) is 0 Å². The van der Waals surface area contributed by atoms with E-state index in [1.807, 2.05) is 36.4 Å². The van der Waals surface area contributed by atoms with Gasteiger partial charge in [0.25, 0.3) is 0 Å². The van der Waals surface area contributed by atoms with Crippen molar-refractivity contribution in [2.45, 2.75) is 11.0 Å². The Labute approximate surface area is 127 Å². The van der Waals surface area contributed by atoms with Gasteiger partial charge in [0.1, 0.15) is 12.4 Å². The summed E-state index contributed by atoms with van der Waals surface area (Å²) >= 11 is 7.56. The summed E-state index contributed by atoms with van der Waals surface area (Å²) in [5.41, 5.74) is 6.30. The van der Waals surface area contributed by atoms with Crippen LogP contribution in [0.3, 0.4) is 0 Å². The van der Waals surface area contributed by atoms with Crippen LogP contribution < -0.4 is 10.5 Å². The lowest BCUT2D eigenvalue weighted by atomic mass is 10.3. The highest BCUT2D eigenvalue weighted by molar-refractivity contribution is 7.99. The van der Waals surface area contributed by atoms with E-state index in [-0.39, 0.29) is 6.61 Å². The summed E-state index contributed by atoms with van der Waals surface area (Å²) in [6.07, 6.45) is -0.572. The molecule has 0 aromatic heterocycles. The molecule has 20 heavy (non-hydrogen) atoms. The molecule has 0 saturated carbocycles. The van der Waals surface area contributed by atoms with Gasteiger partial charge in [-0.3, -0.25) is 0 Å². The van der Waals surface area contributed by atoms with Crippen LogP contribution in [0.4, 0.5) is 5.69 Å². The summed E-state index contributed by atoms with van der Waals surface area (Å²) in [6.45, 7) is 0.223. The first-order valence-corrected chi connectivity index (χ1v) is 7.55. The van der Waals surface area contributed by atoms with E-state index >= 15 is 0 Å². The van der Waals surface area contributed by atoms with Crippen molar-refractivity contribution in [3.63, 3.8) is 0 Å². The number of hydrogen-bond donors (Lipinski definition) is 2. The maximum Gasteiger partial charge on any atom is 0.121 e. The van der Waals surface area contributed by atoms with Crippen molar-refractivity contribution in [1.82, 2.24) is 0 Å². The molecule has 3 N–H and O–H groups in total. The summed E-state index contributed by atoms with van der Waals surface area (Å²) in [4.78, 5) is 0.956. The first-order chi connectivity index (χ1) is 9.65. The van der Waals surface area contributed by atoms with Gasteiger partial charge in [0, 0.05) is 22.4 Å². The third-order valence-corrected chi connectivity index (χ3v) is 4.23. The Bertz CT molecular complexity index is 565. The first-order valence-electron chi connectivity index (χ1n) is 6.19. The smallest absolute Gasteiger partial charge is 0.121 e. The van der Waals surface area contributed by atoms with Crippen LogP contribution in [0.25, 0.3) is 0 Å². The molecule has 0 aliphatic rings.